The number of aryl methyl sites for hydroxylation is 1. The van der Waals surface area contributed by atoms with Crippen LogP contribution in [0.25, 0.3) is 10.8 Å². The number of rotatable bonds is 8. The standard InChI is InChI=1S/C28H31N3O3/c1-5-19(3)29-27(33)20(4)30(16-21-14-12-18(2)13-15-21)25(32)17-31-24-11-7-9-22-8-6-10-23(26(22)24)28(31)34/h6-15,19-20H,5,16-17H2,1-4H3,(H,29,33)/t19-,20+/m1/s1. The van der Waals surface area contributed by atoms with Crippen molar-refractivity contribution in [3.8, 4) is 0 Å². The van der Waals surface area contributed by atoms with E-state index in [1.54, 1.807) is 17.9 Å². The molecule has 0 aromatic heterocycles. The highest BCUT2D eigenvalue weighted by atomic mass is 16.2. The fraction of sp³-hybridized carbons (Fsp3) is 0.321. The van der Waals surface area contributed by atoms with Gasteiger partial charge in [0.15, 0.2) is 0 Å². The summed E-state index contributed by atoms with van der Waals surface area (Å²) in [7, 11) is 0. The van der Waals surface area contributed by atoms with Gasteiger partial charge in [0, 0.05) is 23.5 Å². The summed E-state index contributed by atoms with van der Waals surface area (Å²) >= 11 is 0. The molecule has 3 aromatic carbocycles. The Balaban J connectivity index is 1.61. The summed E-state index contributed by atoms with van der Waals surface area (Å²) in [5.74, 6) is -0.661. The average molecular weight is 458 g/mol. The lowest BCUT2D eigenvalue weighted by Crippen LogP contribution is -2.52. The van der Waals surface area contributed by atoms with Crippen molar-refractivity contribution in [2.45, 2.75) is 52.7 Å². The van der Waals surface area contributed by atoms with Crippen molar-refractivity contribution in [2.24, 2.45) is 0 Å². The molecule has 0 saturated heterocycles. The minimum absolute atomic E-state index is 0.0125. The molecule has 1 N–H and O–H groups in total. The second-order valence-electron chi connectivity index (χ2n) is 9.07. The molecule has 0 fully saturated rings. The van der Waals surface area contributed by atoms with Crippen molar-refractivity contribution >= 4 is 34.2 Å². The Labute approximate surface area is 200 Å². The first-order valence-electron chi connectivity index (χ1n) is 11.8. The van der Waals surface area contributed by atoms with Crippen LogP contribution >= 0.6 is 0 Å². The van der Waals surface area contributed by atoms with Gasteiger partial charge in [0.1, 0.15) is 12.6 Å². The predicted octanol–water partition coefficient (Wildman–Crippen LogP) is 4.44. The Morgan fingerprint density at radius 1 is 1.00 bits per heavy atom. The molecule has 1 heterocycles. The van der Waals surface area contributed by atoms with Crippen LogP contribution in [0, 0.1) is 6.92 Å². The van der Waals surface area contributed by atoms with Gasteiger partial charge in [-0.15, -0.1) is 0 Å². The second kappa shape index (κ2) is 9.67. The third kappa shape index (κ3) is 4.53. The highest BCUT2D eigenvalue weighted by molar-refractivity contribution is 6.26. The van der Waals surface area contributed by atoms with Gasteiger partial charge in [0.2, 0.25) is 11.8 Å². The number of benzene rings is 3. The second-order valence-corrected chi connectivity index (χ2v) is 9.07. The molecule has 0 bridgehead atoms. The summed E-state index contributed by atoms with van der Waals surface area (Å²) < 4.78 is 0. The van der Waals surface area contributed by atoms with E-state index in [2.05, 4.69) is 5.32 Å². The first kappa shape index (κ1) is 23.5. The number of carbonyl (C=O) groups is 3. The van der Waals surface area contributed by atoms with E-state index in [1.807, 2.05) is 75.4 Å². The fourth-order valence-corrected chi connectivity index (χ4v) is 4.30. The fourth-order valence-electron chi connectivity index (χ4n) is 4.30. The highest BCUT2D eigenvalue weighted by Gasteiger charge is 2.34. The van der Waals surface area contributed by atoms with E-state index in [0.29, 0.717) is 5.56 Å². The van der Waals surface area contributed by atoms with Crippen LogP contribution in [-0.2, 0) is 16.1 Å². The number of amides is 3. The van der Waals surface area contributed by atoms with E-state index in [1.165, 1.54) is 4.90 Å². The Morgan fingerprint density at radius 2 is 1.68 bits per heavy atom. The van der Waals surface area contributed by atoms with Gasteiger partial charge in [-0.1, -0.05) is 61.0 Å². The summed E-state index contributed by atoms with van der Waals surface area (Å²) in [5.41, 5.74) is 3.39. The maximum absolute atomic E-state index is 13.6. The van der Waals surface area contributed by atoms with Gasteiger partial charge in [-0.2, -0.15) is 0 Å². The molecule has 2 atom stereocenters. The first-order valence-corrected chi connectivity index (χ1v) is 11.8. The topological polar surface area (TPSA) is 69.7 Å². The predicted molar refractivity (Wildman–Crippen MR) is 135 cm³/mol. The zero-order chi connectivity index (χ0) is 24.4. The maximum Gasteiger partial charge on any atom is 0.259 e. The largest absolute Gasteiger partial charge is 0.352 e. The van der Waals surface area contributed by atoms with Crippen LogP contribution in [0.3, 0.4) is 0 Å². The molecule has 4 rings (SSSR count). The monoisotopic (exact) mass is 457 g/mol. The molecule has 0 spiro atoms. The van der Waals surface area contributed by atoms with Crippen LogP contribution in [0.4, 0.5) is 5.69 Å². The van der Waals surface area contributed by atoms with Crippen molar-refractivity contribution in [1.82, 2.24) is 10.2 Å². The van der Waals surface area contributed by atoms with Crippen LogP contribution < -0.4 is 10.2 Å². The van der Waals surface area contributed by atoms with E-state index >= 15 is 0 Å². The summed E-state index contributed by atoms with van der Waals surface area (Å²) in [6.45, 7) is 7.85. The molecule has 34 heavy (non-hydrogen) atoms. The Bertz CT molecular complexity index is 1230. The van der Waals surface area contributed by atoms with Crippen LogP contribution in [0.1, 0.15) is 48.7 Å². The van der Waals surface area contributed by atoms with Crippen molar-refractivity contribution in [2.75, 3.05) is 11.4 Å². The van der Waals surface area contributed by atoms with Crippen molar-refractivity contribution in [1.29, 1.82) is 0 Å². The molecular weight excluding hydrogens is 426 g/mol. The Hall–Kier alpha value is -3.67. The van der Waals surface area contributed by atoms with Gasteiger partial charge in [-0.25, -0.2) is 0 Å². The minimum Gasteiger partial charge on any atom is -0.352 e. The summed E-state index contributed by atoms with van der Waals surface area (Å²) in [4.78, 5) is 42.9. The van der Waals surface area contributed by atoms with Crippen molar-refractivity contribution < 1.29 is 14.4 Å². The SMILES string of the molecule is CC[C@@H](C)NC(=O)[C@H](C)N(Cc1ccc(C)cc1)C(=O)CN1C(=O)c2cccc3cccc1c23. The molecule has 6 heteroatoms. The molecule has 6 nitrogen and oxygen atoms in total. The minimum atomic E-state index is -0.682. The van der Waals surface area contributed by atoms with Crippen LogP contribution in [0.5, 0.6) is 0 Å². The molecule has 0 unspecified atom stereocenters. The normalized spacial score (nSPS) is 14.2. The van der Waals surface area contributed by atoms with Crippen LogP contribution in [-0.4, -0.2) is 41.2 Å². The van der Waals surface area contributed by atoms with E-state index < -0.39 is 6.04 Å². The van der Waals surface area contributed by atoms with E-state index in [4.69, 9.17) is 0 Å². The van der Waals surface area contributed by atoms with Crippen molar-refractivity contribution in [3.05, 3.63) is 77.4 Å². The van der Waals surface area contributed by atoms with Gasteiger partial charge in [-0.3, -0.25) is 19.3 Å². The highest BCUT2D eigenvalue weighted by Crippen LogP contribution is 2.37. The van der Waals surface area contributed by atoms with E-state index in [-0.39, 0.29) is 36.9 Å². The molecular formula is C28H31N3O3. The number of hydrogen-bond acceptors (Lipinski definition) is 3. The molecule has 1 aliphatic heterocycles. The van der Waals surface area contributed by atoms with Gasteiger partial charge < -0.3 is 10.2 Å². The van der Waals surface area contributed by atoms with Gasteiger partial charge in [-0.05, 0) is 50.3 Å². The summed E-state index contributed by atoms with van der Waals surface area (Å²) in [5, 5.41) is 4.82. The van der Waals surface area contributed by atoms with Gasteiger partial charge >= 0.3 is 0 Å². The zero-order valence-electron chi connectivity index (χ0n) is 20.2. The number of nitrogens with zero attached hydrogens (tertiary/aromatic N) is 2. The van der Waals surface area contributed by atoms with Gasteiger partial charge in [0.25, 0.3) is 5.91 Å². The Kier molecular flexibility index (Phi) is 6.68. The quantitative estimate of drug-likeness (QED) is 0.544. The third-order valence-corrected chi connectivity index (χ3v) is 6.58. The zero-order valence-corrected chi connectivity index (χ0v) is 20.2. The Morgan fingerprint density at radius 3 is 2.35 bits per heavy atom. The van der Waals surface area contributed by atoms with E-state index in [0.717, 1.165) is 34.0 Å². The first-order chi connectivity index (χ1) is 16.3. The molecule has 0 saturated carbocycles. The molecule has 176 valence electrons. The molecule has 0 aliphatic carbocycles. The number of nitrogens with one attached hydrogen (secondary N) is 1. The van der Waals surface area contributed by atoms with Crippen LogP contribution in [0.2, 0.25) is 0 Å². The number of hydrogen-bond donors (Lipinski definition) is 1. The smallest absolute Gasteiger partial charge is 0.259 e. The van der Waals surface area contributed by atoms with Crippen molar-refractivity contribution in [3.63, 3.8) is 0 Å². The van der Waals surface area contributed by atoms with Crippen LogP contribution in [0.15, 0.2) is 60.7 Å². The lowest BCUT2D eigenvalue weighted by molar-refractivity contribution is -0.139. The summed E-state index contributed by atoms with van der Waals surface area (Å²) in [6.07, 6.45) is 0.801. The maximum atomic E-state index is 13.6. The van der Waals surface area contributed by atoms with Gasteiger partial charge in [0.05, 0.1) is 5.69 Å². The lowest BCUT2D eigenvalue weighted by Gasteiger charge is -2.31. The number of anilines is 1. The average Bonchev–Trinajstić information content (AvgIpc) is 3.11. The lowest BCUT2D eigenvalue weighted by atomic mass is 10.1. The molecule has 1 aliphatic rings. The molecule has 3 aromatic rings. The number of carbonyl (C=O) groups excluding carboxylic acids is 3. The summed E-state index contributed by atoms with van der Waals surface area (Å²) in [6, 6.07) is 18.6. The van der Waals surface area contributed by atoms with E-state index in [9.17, 15) is 14.4 Å². The third-order valence-electron chi connectivity index (χ3n) is 6.58. The molecule has 3 amide bonds. The molecule has 0 radical (unpaired) electrons.